The van der Waals surface area contributed by atoms with E-state index >= 15 is 0 Å². The average Bonchev–Trinajstić information content (AvgIpc) is 3.37. The molecule has 1 spiro atoms. The van der Waals surface area contributed by atoms with Gasteiger partial charge in [-0.15, -0.1) is 0 Å². The monoisotopic (exact) mass is 397 g/mol. The maximum atomic E-state index is 9.28. The van der Waals surface area contributed by atoms with E-state index in [2.05, 4.69) is 37.2 Å². The summed E-state index contributed by atoms with van der Waals surface area (Å²) in [6.07, 6.45) is 15.1. The van der Waals surface area contributed by atoms with Crippen molar-refractivity contribution in [3.8, 4) is 0 Å². The number of oxime groups is 1. The molecule has 1 aliphatic heterocycles. The molecule has 0 bridgehead atoms. The second-order valence-electron chi connectivity index (χ2n) is 10.8. The summed E-state index contributed by atoms with van der Waals surface area (Å²) in [6, 6.07) is 0. The van der Waals surface area contributed by atoms with Gasteiger partial charge in [0.2, 0.25) is 0 Å². The average molecular weight is 398 g/mol. The van der Waals surface area contributed by atoms with E-state index in [0.717, 1.165) is 35.8 Å². The van der Waals surface area contributed by atoms with Crippen molar-refractivity contribution < 1.29 is 14.7 Å². The van der Waals surface area contributed by atoms with Crippen LogP contribution in [0.2, 0.25) is 0 Å². The van der Waals surface area contributed by atoms with Crippen molar-refractivity contribution in [2.45, 2.75) is 70.7 Å². The van der Waals surface area contributed by atoms with E-state index in [9.17, 15) is 5.21 Å². The Labute approximate surface area is 174 Å². The Balaban J connectivity index is 1.39. The van der Waals surface area contributed by atoms with Crippen LogP contribution in [0.3, 0.4) is 0 Å². The van der Waals surface area contributed by atoms with Crippen molar-refractivity contribution in [2.24, 2.45) is 52.0 Å². The number of hydrogen-bond acceptors (Lipinski definition) is 4. The molecule has 1 N–H and O–H groups in total. The predicted molar refractivity (Wildman–Crippen MR) is 112 cm³/mol. The largest absolute Gasteiger partial charge is 0.411 e. The highest BCUT2D eigenvalue weighted by molar-refractivity contribution is 5.96. The summed E-state index contributed by atoms with van der Waals surface area (Å²) in [5.74, 6) is 5.36. The number of allylic oxidation sites excluding steroid dienone is 2. The molecule has 0 amide bonds. The smallest absolute Gasteiger partial charge is 0.177 e. The van der Waals surface area contributed by atoms with E-state index in [1.807, 2.05) is 0 Å². The van der Waals surface area contributed by atoms with Crippen LogP contribution in [0.15, 0.2) is 29.0 Å². The first-order chi connectivity index (χ1) is 14.1. The van der Waals surface area contributed by atoms with E-state index < -0.39 is 0 Å². The molecule has 10 atom stereocenters. The standard InChI is InChI=1S/C25H35NO3/c1-4-24-9-7-18-17-6-5-16(26-27)12-15(17)11-14(2)22(18)23(24)19-13-20(19)25(24)10-8-21(28-3)29-25/h8,10,12,14,17-23,27H,4-7,9,11,13H2,1-3H3/b26-16+/t14-,17-,18?,19-,20+,21?,22?,23?,24-,25-/m0/s1. The SMILES string of the molecule is CC[C@]12CCC3C(C1[C@H]1C[C@H]1[C@@]21C=CC(OC)O1)[C@@H](C)CC1=C/C(=N/O)CC[C@@H]13. The normalized spacial score (nSPS) is 56.0. The Morgan fingerprint density at radius 1 is 1.31 bits per heavy atom. The summed E-state index contributed by atoms with van der Waals surface area (Å²) in [5.41, 5.74) is 2.66. The molecule has 6 rings (SSSR count). The van der Waals surface area contributed by atoms with Gasteiger partial charge in [-0.3, -0.25) is 0 Å². The van der Waals surface area contributed by atoms with Crippen molar-refractivity contribution >= 4 is 5.71 Å². The minimum absolute atomic E-state index is 0.0815. The molecule has 4 unspecified atom stereocenters. The molecule has 0 radical (unpaired) electrons. The molecule has 5 aliphatic carbocycles. The van der Waals surface area contributed by atoms with Gasteiger partial charge >= 0.3 is 0 Å². The zero-order valence-corrected chi connectivity index (χ0v) is 18.0. The zero-order chi connectivity index (χ0) is 20.0. The second-order valence-corrected chi connectivity index (χ2v) is 10.8. The maximum absolute atomic E-state index is 9.28. The van der Waals surface area contributed by atoms with Crippen LogP contribution in [0.25, 0.3) is 0 Å². The Bertz CT molecular complexity index is 802. The second kappa shape index (κ2) is 6.20. The van der Waals surface area contributed by atoms with Gasteiger partial charge in [0.25, 0.3) is 0 Å². The number of ether oxygens (including phenoxy) is 2. The number of rotatable bonds is 2. The summed E-state index contributed by atoms with van der Waals surface area (Å²) in [7, 11) is 1.77. The lowest BCUT2D eigenvalue weighted by Crippen LogP contribution is -2.57. The van der Waals surface area contributed by atoms with Crippen molar-refractivity contribution in [3.63, 3.8) is 0 Å². The Hall–Kier alpha value is -1.13. The lowest BCUT2D eigenvalue weighted by Gasteiger charge is -2.60. The van der Waals surface area contributed by atoms with Gasteiger partial charge in [0, 0.05) is 12.5 Å². The molecule has 0 saturated heterocycles. The summed E-state index contributed by atoms with van der Waals surface area (Å²) >= 11 is 0. The van der Waals surface area contributed by atoms with Crippen LogP contribution in [-0.4, -0.2) is 29.9 Å². The number of fused-ring (bicyclic) bond motifs is 9. The van der Waals surface area contributed by atoms with Crippen LogP contribution < -0.4 is 0 Å². The third-order valence-corrected chi connectivity index (χ3v) is 10.2. The first-order valence-corrected chi connectivity index (χ1v) is 11.9. The highest BCUT2D eigenvalue weighted by Crippen LogP contribution is 2.79. The fraction of sp³-hybridized carbons (Fsp3) is 0.800. The highest BCUT2D eigenvalue weighted by atomic mass is 16.7. The van der Waals surface area contributed by atoms with Gasteiger partial charge in [-0.25, -0.2) is 0 Å². The van der Waals surface area contributed by atoms with E-state index in [1.165, 1.54) is 38.5 Å². The summed E-state index contributed by atoms with van der Waals surface area (Å²) in [4.78, 5) is 0. The summed E-state index contributed by atoms with van der Waals surface area (Å²) in [6.45, 7) is 4.91. The molecule has 4 heteroatoms. The van der Waals surface area contributed by atoms with Crippen LogP contribution in [0.1, 0.15) is 58.8 Å². The lowest BCUT2D eigenvalue weighted by molar-refractivity contribution is -0.212. The molecule has 0 aromatic heterocycles. The Morgan fingerprint density at radius 2 is 2.17 bits per heavy atom. The molecule has 4 nitrogen and oxygen atoms in total. The molecule has 4 saturated carbocycles. The first-order valence-electron chi connectivity index (χ1n) is 11.9. The molecule has 0 aromatic rings. The first kappa shape index (κ1) is 18.6. The quantitative estimate of drug-likeness (QED) is 0.397. The van der Waals surface area contributed by atoms with Crippen LogP contribution in [0, 0.1) is 46.8 Å². The molecule has 29 heavy (non-hydrogen) atoms. The number of methoxy groups -OCH3 is 1. The molecule has 158 valence electrons. The predicted octanol–water partition coefficient (Wildman–Crippen LogP) is 5.18. The molecule has 4 fully saturated rings. The summed E-state index contributed by atoms with van der Waals surface area (Å²) in [5, 5.41) is 12.8. The van der Waals surface area contributed by atoms with E-state index in [0.29, 0.717) is 17.8 Å². The van der Waals surface area contributed by atoms with Crippen LogP contribution in [-0.2, 0) is 9.47 Å². The van der Waals surface area contributed by atoms with Crippen LogP contribution >= 0.6 is 0 Å². The third-order valence-electron chi connectivity index (χ3n) is 10.2. The van der Waals surface area contributed by atoms with Crippen molar-refractivity contribution in [2.75, 3.05) is 7.11 Å². The molecule has 6 aliphatic rings. The van der Waals surface area contributed by atoms with Gasteiger partial charge in [-0.1, -0.05) is 30.7 Å². The van der Waals surface area contributed by atoms with Gasteiger partial charge in [0.15, 0.2) is 6.29 Å². The lowest BCUT2D eigenvalue weighted by atomic mass is 9.46. The van der Waals surface area contributed by atoms with E-state index in [-0.39, 0.29) is 17.3 Å². The zero-order valence-electron chi connectivity index (χ0n) is 18.0. The molecular weight excluding hydrogens is 362 g/mol. The van der Waals surface area contributed by atoms with Crippen molar-refractivity contribution in [1.82, 2.24) is 0 Å². The van der Waals surface area contributed by atoms with Gasteiger partial charge < -0.3 is 14.7 Å². The van der Waals surface area contributed by atoms with Crippen LogP contribution in [0.5, 0.6) is 0 Å². The molecule has 1 heterocycles. The Morgan fingerprint density at radius 3 is 2.90 bits per heavy atom. The van der Waals surface area contributed by atoms with Crippen molar-refractivity contribution in [3.05, 3.63) is 23.8 Å². The topological polar surface area (TPSA) is 51.0 Å². The van der Waals surface area contributed by atoms with Gasteiger partial charge in [0.05, 0.1) is 11.3 Å². The summed E-state index contributed by atoms with van der Waals surface area (Å²) < 4.78 is 12.3. The highest BCUT2D eigenvalue weighted by Gasteiger charge is 2.78. The number of hydrogen-bond donors (Lipinski definition) is 1. The fourth-order valence-corrected chi connectivity index (χ4v) is 9.26. The van der Waals surface area contributed by atoms with Gasteiger partial charge in [-0.2, -0.15) is 0 Å². The number of nitrogens with zero attached hydrogens (tertiary/aromatic N) is 1. The minimum Gasteiger partial charge on any atom is -0.411 e. The Kier molecular flexibility index (Phi) is 3.98. The minimum atomic E-state index is -0.163. The molecular formula is C25H35NO3. The van der Waals surface area contributed by atoms with E-state index in [4.69, 9.17) is 9.47 Å². The fourth-order valence-electron chi connectivity index (χ4n) is 9.26. The van der Waals surface area contributed by atoms with Crippen molar-refractivity contribution in [1.29, 1.82) is 0 Å². The van der Waals surface area contributed by atoms with E-state index in [1.54, 1.807) is 12.7 Å². The molecule has 0 aromatic carbocycles. The van der Waals surface area contributed by atoms with Gasteiger partial charge in [-0.05, 0) is 98.5 Å². The van der Waals surface area contributed by atoms with Gasteiger partial charge in [0.1, 0.15) is 0 Å². The maximum Gasteiger partial charge on any atom is 0.177 e. The van der Waals surface area contributed by atoms with Crippen LogP contribution in [0.4, 0.5) is 0 Å². The third kappa shape index (κ3) is 2.20.